The number of aromatic nitrogens is 2. The first-order valence-electron chi connectivity index (χ1n) is 5.81. The van der Waals surface area contributed by atoms with E-state index in [1.807, 2.05) is 0 Å². The number of benzene rings is 1. The van der Waals surface area contributed by atoms with Crippen LogP contribution in [0.3, 0.4) is 0 Å². The molecule has 0 spiro atoms. The highest BCUT2D eigenvalue weighted by molar-refractivity contribution is 5.93. The zero-order chi connectivity index (χ0) is 14.7. The second-order valence-electron chi connectivity index (χ2n) is 4.01. The quantitative estimate of drug-likeness (QED) is 0.650. The van der Waals surface area contributed by atoms with Crippen molar-refractivity contribution in [2.75, 3.05) is 18.6 Å². The summed E-state index contributed by atoms with van der Waals surface area (Å²) in [5.74, 6) is -0.0959. The van der Waals surface area contributed by atoms with Crippen molar-refractivity contribution in [1.82, 2.24) is 9.97 Å². The maximum Gasteiger partial charge on any atom is 0.357 e. The number of esters is 1. The Morgan fingerprint density at radius 3 is 2.45 bits per heavy atom. The molecular formula is C14H14N4O2. The van der Waals surface area contributed by atoms with Gasteiger partial charge in [-0.1, -0.05) is 12.7 Å². The first-order chi connectivity index (χ1) is 9.56. The maximum atomic E-state index is 11.7. The Bertz CT molecular complexity index is 666. The van der Waals surface area contributed by atoms with E-state index in [0.29, 0.717) is 22.6 Å². The fourth-order valence-corrected chi connectivity index (χ4v) is 1.70. The van der Waals surface area contributed by atoms with Crippen LogP contribution < -0.4 is 11.5 Å². The maximum absolute atomic E-state index is 11.7. The molecule has 20 heavy (non-hydrogen) atoms. The molecule has 1 aromatic carbocycles. The lowest BCUT2D eigenvalue weighted by Gasteiger charge is -2.09. The molecule has 0 atom stereocenters. The average molecular weight is 270 g/mol. The predicted molar refractivity (Wildman–Crippen MR) is 77.7 cm³/mol. The lowest BCUT2D eigenvalue weighted by Crippen LogP contribution is -2.11. The molecule has 0 fully saturated rings. The Hall–Kier alpha value is -2.89. The van der Waals surface area contributed by atoms with Gasteiger partial charge in [-0.15, -0.1) is 0 Å². The minimum atomic E-state index is -0.592. The molecule has 0 amide bonds. The Labute approximate surface area is 116 Å². The fraction of sp³-hybridized carbons (Fsp3) is 0.0714. The highest BCUT2D eigenvalue weighted by atomic mass is 16.5. The fourth-order valence-electron chi connectivity index (χ4n) is 1.70. The minimum absolute atomic E-state index is 0.0850. The van der Waals surface area contributed by atoms with E-state index in [1.54, 1.807) is 24.3 Å². The highest BCUT2D eigenvalue weighted by Gasteiger charge is 2.18. The Balaban J connectivity index is 2.61. The molecule has 0 bridgehead atoms. The third kappa shape index (κ3) is 2.44. The van der Waals surface area contributed by atoms with Crippen LogP contribution in [0.15, 0.2) is 30.8 Å². The SMILES string of the molecule is C=Cc1c(N)nc(-c2ccc(N)cc2)nc1C(=O)OC. The first-order valence-corrected chi connectivity index (χ1v) is 5.81. The number of nitrogens with zero attached hydrogens (tertiary/aromatic N) is 2. The molecule has 0 unspecified atom stereocenters. The van der Waals surface area contributed by atoms with E-state index in [2.05, 4.69) is 16.5 Å². The lowest BCUT2D eigenvalue weighted by molar-refractivity contribution is 0.0594. The summed E-state index contributed by atoms with van der Waals surface area (Å²) in [6.07, 6.45) is 1.42. The van der Waals surface area contributed by atoms with Gasteiger partial charge < -0.3 is 16.2 Å². The van der Waals surface area contributed by atoms with Gasteiger partial charge in [0.25, 0.3) is 0 Å². The van der Waals surface area contributed by atoms with Crippen molar-refractivity contribution in [2.24, 2.45) is 0 Å². The second kappa shape index (κ2) is 5.40. The zero-order valence-electron chi connectivity index (χ0n) is 11.0. The summed E-state index contributed by atoms with van der Waals surface area (Å²) < 4.78 is 4.69. The summed E-state index contributed by atoms with van der Waals surface area (Å²) in [5, 5.41) is 0. The van der Waals surface area contributed by atoms with Crippen LogP contribution >= 0.6 is 0 Å². The summed E-state index contributed by atoms with van der Waals surface area (Å²) >= 11 is 0. The third-order valence-corrected chi connectivity index (χ3v) is 2.73. The van der Waals surface area contributed by atoms with Crippen LogP contribution in [-0.2, 0) is 4.74 Å². The van der Waals surface area contributed by atoms with Crippen LogP contribution in [0.4, 0.5) is 11.5 Å². The van der Waals surface area contributed by atoms with Crippen molar-refractivity contribution in [3.63, 3.8) is 0 Å². The van der Waals surface area contributed by atoms with Gasteiger partial charge in [0.15, 0.2) is 11.5 Å². The van der Waals surface area contributed by atoms with Gasteiger partial charge in [-0.25, -0.2) is 14.8 Å². The minimum Gasteiger partial charge on any atom is -0.464 e. The molecule has 2 rings (SSSR count). The van der Waals surface area contributed by atoms with Crippen LogP contribution in [0.5, 0.6) is 0 Å². The number of carbonyl (C=O) groups excluding carboxylic acids is 1. The molecule has 4 N–H and O–H groups in total. The van der Waals surface area contributed by atoms with Gasteiger partial charge in [0.05, 0.1) is 7.11 Å². The molecule has 0 radical (unpaired) electrons. The second-order valence-corrected chi connectivity index (χ2v) is 4.01. The number of methoxy groups -OCH3 is 1. The zero-order valence-corrected chi connectivity index (χ0v) is 11.0. The molecule has 0 aliphatic heterocycles. The van der Waals surface area contributed by atoms with E-state index in [0.717, 1.165) is 0 Å². The van der Waals surface area contributed by atoms with Crippen LogP contribution in [0.25, 0.3) is 17.5 Å². The van der Waals surface area contributed by atoms with Crippen LogP contribution in [0.2, 0.25) is 0 Å². The number of nitrogens with two attached hydrogens (primary N) is 2. The topological polar surface area (TPSA) is 104 Å². The van der Waals surface area contributed by atoms with Gasteiger partial charge in [-0.2, -0.15) is 0 Å². The number of ether oxygens (including phenoxy) is 1. The molecule has 0 saturated heterocycles. The predicted octanol–water partition coefficient (Wildman–Crippen LogP) is 1.74. The number of hydrogen-bond donors (Lipinski definition) is 2. The van der Waals surface area contributed by atoms with Crippen molar-refractivity contribution in [3.8, 4) is 11.4 Å². The number of rotatable bonds is 3. The molecule has 6 nitrogen and oxygen atoms in total. The van der Waals surface area contributed by atoms with E-state index >= 15 is 0 Å². The normalized spacial score (nSPS) is 10.1. The van der Waals surface area contributed by atoms with E-state index < -0.39 is 5.97 Å². The van der Waals surface area contributed by atoms with Gasteiger partial charge >= 0.3 is 5.97 Å². The van der Waals surface area contributed by atoms with Crippen molar-refractivity contribution >= 4 is 23.6 Å². The van der Waals surface area contributed by atoms with E-state index in [1.165, 1.54) is 13.2 Å². The Kier molecular flexibility index (Phi) is 3.65. The van der Waals surface area contributed by atoms with Crippen molar-refractivity contribution in [3.05, 3.63) is 42.1 Å². The number of anilines is 2. The average Bonchev–Trinajstić information content (AvgIpc) is 2.46. The summed E-state index contributed by atoms with van der Waals surface area (Å²) in [5.41, 5.74) is 13.2. The summed E-state index contributed by atoms with van der Waals surface area (Å²) in [7, 11) is 1.27. The van der Waals surface area contributed by atoms with Crippen LogP contribution in [0, 0.1) is 0 Å². The van der Waals surface area contributed by atoms with Gasteiger partial charge in [0.1, 0.15) is 5.82 Å². The van der Waals surface area contributed by atoms with E-state index in [9.17, 15) is 4.79 Å². The van der Waals surface area contributed by atoms with Gasteiger partial charge in [0, 0.05) is 16.8 Å². The summed E-state index contributed by atoms with van der Waals surface area (Å²) in [6.45, 7) is 3.60. The molecule has 1 aromatic heterocycles. The highest BCUT2D eigenvalue weighted by Crippen LogP contribution is 2.22. The number of carbonyl (C=O) groups is 1. The summed E-state index contributed by atoms with van der Waals surface area (Å²) in [4.78, 5) is 20.1. The van der Waals surface area contributed by atoms with Gasteiger partial charge in [0.2, 0.25) is 0 Å². The molecule has 0 aliphatic carbocycles. The third-order valence-electron chi connectivity index (χ3n) is 2.73. The molecule has 0 saturated carbocycles. The van der Waals surface area contributed by atoms with E-state index in [4.69, 9.17) is 16.2 Å². The smallest absolute Gasteiger partial charge is 0.357 e. The largest absolute Gasteiger partial charge is 0.464 e. The molecule has 1 heterocycles. The number of hydrogen-bond acceptors (Lipinski definition) is 6. The van der Waals surface area contributed by atoms with Crippen LogP contribution in [-0.4, -0.2) is 23.0 Å². The van der Waals surface area contributed by atoms with Crippen molar-refractivity contribution in [2.45, 2.75) is 0 Å². The van der Waals surface area contributed by atoms with Gasteiger partial charge in [-0.05, 0) is 24.3 Å². The molecule has 6 heteroatoms. The van der Waals surface area contributed by atoms with Gasteiger partial charge in [-0.3, -0.25) is 0 Å². The van der Waals surface area contributed by atoms with E-state index in [-0.39, 0.29) is 11.5 Å². The molecule has 2 aromatic rings. The lowest BCUT2D eigenvalue weighted by atomic mass is 10.1. The Morgan fingerprint density at radius 2 is 1.90 bits per heavy atom. The monoisotopic (exact) mass is 270 g/mol. The molecule has 102 valence electrons. The first kappa shape index (κ1) is 13.5. The molecular weight excluding hydrogens is 256 g/mol. The Morgan fingerprint density at radius 1 is 1.25 bits per heavy atom. The molecule has 0 aliphatic rings. The standard InChI is InChI=1S/C14H14N4O2/c1-3-10-11(14(19)20-2)17-13(18-12(10)16)8-4-6-9(15)7-5-8/h3-7H,1,15H2,2H3,(H2,16,17,18). The summed E-state index contributed by atoms with van der Waals surface area (Å²) in [6, 6.07) is 6.93. The van der Waals surface area contributed by atoms with Crippen LogP contribution in [0.1, 0.15) is 16.1 Å². The van der Waals surface area contributed by atoms with Crippen molar-refractivity contribution in [1.29, 1.82) is 0 Å². The number of nitrogen functional groups attached to an aromatic ring is 2. The van der Waals surface area contributed by atoms with Crippen molar-refractivity contribution < 1.29 is 9.53 Å².